The molecule has 0 radical (unpaired) electrons. The van der Waals surface area contributed by atoms with Gasteiger partial charge >= 0.3 is 0 Å². The molecule has 0 aliphatic heterocycles. The zero-order valence-corrected chi connectivity index (χ0v) is 11.2. The second kappa shape index (κ2) is 4.65. The van der Waals surface area contributed by atoms with Gasteiger partial charge in [0.05, 0.1) is 0 Å². The largest absolute Gasteiger partial charge is 0.368 e. The lowest BCUT2D eigenvalue weighted by Gasteiger charge is -2.07. The number of thioether (sulfide) groups is 1. The molecule has 0 spiro atoms. The van der Waals surface area contributed by atoms with Gasteiger partial charge in [-0.3, -0.25) is 4.57 Å². The second-order valence-electron chi connectivity index (χ2n) is 4.66. The fourth-order valence-electron chi connectivity index (χ4n) is 1.98. The number of nitrogen functional groups attached to an aromatic ring is 1. The Hall–Kier alpha value is -1.49. The first kappa shape index (κ1) is 11.6. The highest BCUT2D eigenvalue weighted by atomic mass is 32.2. The molecular formula is C13H16N4S. The number of anilines is 1. The van der Waals surface area contributed by atoms with Crippen LogP contribution in [0, 0.1) is 6.92 Å². The monoisotopic (exact) mass is 260 g/mol. The van der Waals surface area contributed by atoms with Crippen molar-refractivity contribution in [2.24, 2.45) is 0 Å². The van der Waals surface area contributed by atoms with Crippen molar-refractivity contribution in [1.82, 2.24) is 14.8 Å². The molecule has 1 aromatic heterocycles. The van der Waals surface area contributed by atoms with Crippen LogP contribution in [0.2, 0.25) is 0 Å². The Kier molecular flexibility index (Phi) is 2.99. The first-order chi connectivity index (χ1) is 8.75. The number of hydrogen-bond acceptors (Lipinski definition) is 4. The van der Waals surface area contributed by atoms with E-state index in [1.54, 1.807) is 11.8 Å². The van der Waals surface area contributed by atoms with Gasteiger partial charge in [-0.2, -0.15) is 0 Å². The zero-order valence-electron chi connectivity index (χ0n) is 10.3. The first-order valence-electron chi connectivity index (χ1n) is 6.13. The number of rotatable bonds is 4. The van der Waals surface area contributed by atoms with Gasteiger partial charge in [0.25, 0.3) is 0 Å². The fourth-order valence-corrected chi connectivity index (χ4v) is 3.07. The highest BCUT2D eigenvalue weighted by molar-refractivity contribution is 7.98. The van der Waals surface area contributed by atoms with Crippen molar-refractivity contribution in [3.63, 3.8) is 0 Å². The summed E-state index contributed by atoms with van der Waals surface area (Å²) in [5.74, 6) is 1.46. The van der Waals surface area contributed by atoms with E-state index in [1.165, 1.54) is 24.0 Å². The van der Waals surface area contributed by atoms with Gasteiger partial charge in [0.2, 0.25) is 5.95 Å². The molecule has 0 atom stereocenters. The smallest absolute Gasteiger partial charge is 0.222 e. The Morgan fingerprint density at radius 3 is 2.83 bits per heavy atom. The van der Waals surface area contributed by atoms with Gasteiger partial charge in [-0.25, -0.2) is 0 Å². The van der Waals surface area contributed by atoms with E-state index in [2.05, 4.69) is 46.0 Å². The number of hydrogen-bond donors (Lipinski definition) is 1. The van der Waals surface area contributed by atoms with E-state index in [1.807, 2.05) is 0 Å². The summed E-state index contributed by atoms with van der Waals surface area (Å²) in [6, 6.07) is 8.95. The molecule has 1 fully saturated rings. The maximum atomic E-state index is 5.86. The predicted molar refractivity (Wildman–Crippen MR) is 73.4 cm³/mol. The molecule has 1 heterocycles. The molecule has 2 N–H and O–H groups in total. The van der Waals surface area contributed by atoms with Crippen LogP contribution in [0.1, 0.15) is 30.0 Å². The lowest BCUT2D eigenvalue weighted by Crippen LogP contribution is -2.02. The van der Waals surface area contributed by atoms with Crippen LogP contribution in [0.15, 0.2) is 29.4 Å². The number of aromatic nitrogens is 3. The number of benzene rings is 1. The molecule has 1 saturated carbocycles. The van der Waals surface area contributed by atoms with Crippen LogP contribution < -0.4 is 5.73 Å². The van der Waals surface area contributed by atoms with Crippen molar-refractivity contribution in [2.45, 2.75) is 36.7 Å². The third kappa shape index (κ3) is 2.22. The Morgan fingerprint density at radius 2 is 2.11 bits per heavy atom. The van der Waals surface area contributed by atoms with Gasteiger partial charge < -0.3 is 5.73 Å². The first-order valence-corrected chi connectivity index (χ1v) is 7.12. The van der Waals surface area contributed by atoms with E-state index in [9.17, 15) is 0 Å². The molecule has 1 aliphatic rings. The Balaban J connectivity index is 1.76. The Morgan fingerprint density at radius 1 is 1.33 bits per heavy atom. The van der Waals surface area contributed by atoms with E-state index in [-0.39, 0.29) is 0 Å². The van der Waals surface area contributed by atoms with Crippen molar-refractivity contribution < 1.29 is 0 Å². The lowest BCUT2D eigenvalue weighted by atomic mass is 10.1. The summed E-state index contributed by atoms with van der Waals surface area (Å²) < 4.78 is 2.07. The van der Waals surface area contributed by atoms with E-state index in [4.69, 9.17) is 5.73 Å². The van der Waals surface area contributed by atoms with Crippen LogP contribution in [0.5, 0.6) is 0 Å². The number of aryl methyl sites for hydroxylation is 1. The topological polar surface area (TPSA) is 56.7 Å². The molecule has 0 amide bonds. The SMILES string of the molecule is Cc1ccccc1CSc1nnc(N)n1C1CC1. The summed E-state index contributed by atoms with van der Waals surface area (Å²) in [4.78, 5) is 0. The van der Waals surface area contributed by atoms with Crippen LogP contribution in [0.4, 0.5) is 5.95 Å². The molecule has 0 bridgehead atoms. The third-order valence-electron chi connectivity index (χ3n) is 3.22. The van der Waals surface area contributed by atoms with Crippen molar-refractivity contribution in [1.29, 1.82) is 0 Å². The van der Waals surface area contributed by atoms with Crippen LogP contribution in [0.3, 0.4) is 0 Å². The maximum Gasteiger partial charge on any atom is 0.222 e. The van der Waals surface area contributed by atoms with Crippen LogP contribution in [-0.4, -0.2) is 14.8 Å². The highest BCUT2D eigenvalue weighted by Gasteiger charge is 2.28. The van der Waals surface area contributed by atoms with E-state index >= 15 is 0 Å². The van der Waals surface area contributed by atoms with Crippen LogP contribution in [-0.2, 0) is 5.75 Å². The fraction of sp³-hybridized carbons (Fsp3) is 0.385. The minimum Gasteiger partial charge on any atom is -0.368 e. The van der Waals surface area contributed by atoms with Crippen molar-refractivity contribution in [3.8, 4) is 0 Å². The minimum absolute atomic E-state index is 0.527. The summed E-state index contributed by atoms with van der Waals surface area (Å²) in [6.07, 6.45) is 2.39. The summed E-state index contributed by atoms with van der Waals surface area (Å²) >= 11 is 1.71. The molecule has 1 aromatic carbocycles. The molecular weight excluding hydrogens is 244 g/mol. The van der Waals surface area contributed by atoms with E-state index in [0.717, 1.165) is 10.9 Å². The van der Waals surface area contributed by atoms with Gasteiger partial charge in [0.15, 0.2) is 5.16 Å². The van der Waals surface area contributed by atoms with Crippen molar-refractivity contribution in [2.75, 3.05) is 5.73 Å². The Bertz CT molecular complexity index is 560. The Labute approximate surface area is 111 Å². The average Bonchev–Trinajstić information content (AvgIpc) is 3.13. The standard InChI is InChI=1S/C13H16N4S/c1-9-4-2-3-5-10(9)8-18-13-16-15-12(14)17(13)11-6-7-11/h2-5,11H,6-8H2,1H3,(H2,14,15). The van der Waals surface area contributed by atoms with Gasteiger partial charge in [-0.15, -0.1) is 10.2 Å². The van der Waals surface area contributed by atoms with Crippen molar-refractivity contribution >= 4 is 17.7 Å². The number of nitrogens with two attached hydrogens (primary N) is 1. The van der Waals surface area contributed by atoms with E-state index in [0.29, 0.717) is 12.0 Å². The predicted octanol–water partition coefficient (Wildman–Crippen LogP) is 2.80. The molecule has 5 heteroatoms. The maximum absolute atomic E-state index is 5.86. The average molecular weight is 260 g/mol. The van der Waals surface area contributed by atoms with Crippen molar-refractivity contribution in [3.05, 3.63) is 35.4 Å². The third-order valence-corrected chi connectivity index (χ3v) is 4.21. The summed E-state index contributed by atoms with van der Waals surface area (Å²) in [5, 5.41) is 9.10. The summed E-state index contributed by atoms with van der Waals surface area (Å²) in [6.45, 7) is 2.13. The molecule has 0 unspecified atom stereocenters. The van der Waals surface area contributed by atoms with Crippen LogP contribution in [0.25, 0.3) is 0 Å². The van der Waals surface area contributed by atoms with Gasteiger partial charge in [0, 0.05) is 11.8 Å². The van der Waals surface area contributed by atoms with E-state index < -0.39 is 0 Å². The van der Waals surface area contributed by atoms with Crippen LogP contribution >= 0.6 is 11.8 Å². The quantitative estimate of drug-likeness (QED) is 0.859. The highest BCUT2D eigenvalue weighted by Crippen LogP contribution is 2.39. The lowest BCUT2D eigenvalue weighted by molar-refractivity contribution is 0.671. The molecule has 4 nitrogen and oxygen atoms in total. The molecule has 94 valence electrons. The molecule has 2 aromatic rings. The minimum atomic E-state index is 0.527. The number of nitrogens with zero attached hydrogens (tertiary/aromatic N) is 3. The zero-order chi connectivity index (χ0) is 12.5. The van der Waals surface area contributed by atoms with Gasteiger partial charge in [-0.1, -0.05) is 36.0 Å². The molecule has 18 heavy (non-hydrogen) atoms. The second-order valence-corrected chi connectivity index (χ2v) is 5.60. The van der Waals surface area contributed by atoms with Gasteiger partial charge in [-0.05, 0) is 30.9 Å². The summed E-state index contributed by atoms with van der Waals surface area (Å²) in [7, 11) is 0. The normalized spacial score (nSPS) is 14.9. The molecule has 1 aliphatic carbocycles. The molecule has 3 rings (SSSR count). The summed E-state index contributed by atoms with van der Waals surface area (Å²) in [5.41, 5.74) is 8.51. The molecule has 0 saturated heterocycles. The van der Waals surface area contributed by atoms with Gasteiger partial charge in [0.1, 0.15) is 0 Å².